The number of fused-ring (bicyclic) bond motifs is 5. The van der Waals surface area contributed by atoms with Gasteiger partial charge in [0.15, 0.2) is 0 Å². The van der Waals surface area contributed by atoms with E-state index >= 15 is 0 Å². The molecule has 0 saturated heterocycles. The van der Waals surface area contributed by atoms with Crippen LogP contribution >= 0.6 is 11.6 Å². The molecule has 0 radical (unpaired) electrons. The van der Waals surface area contributed by atoms with Crippen LogP contribution in [0.25, 0.3) is 33.9 Å². The fourth-order valence-corrected chi connectivity index (χ4v) is 3.62. The van der Waals surface area contributed by atoms with Gasteiger partial charge in [-0.3, -0.25) is 4.98 Å². The van der Waals surface area contributed by atoms with Crippen LogP contribution in [0, 0.1) is 17.1 Å². The van der Waals surface area contributed by atoms with Crippen molar-refractivity contribution in [2.24, 2.45) is 0 Å². The topological polar surface area (TPSA) is 165 Å². The summed E-state index contributed by atoms with van der Waals surface area (Å²) in [6, 6.07) is 9.87. The lowest BCUT2D eigenvalue weighted by Gasteiger charge is -2.08. The molecule has 0 aliphatic carbocycles. The molecule has 10 nitrogen and oxygen atoms in total. The molecular formula is C24H12ClF7N6O4. The normalized spacial score (nSPS) is 11.4. The summed E-state index contributed by atoms with van der Waals surface area (Å²) < 4.78 is 77.2. The molecule has 0 saturated carbocycles. The Morgan fingerprint density at radius 1 is 0.976 bits per heavy atom. The Hall–Kier alpha value is -5.24. The van der Waals surface area contributed by atoms with Crippen LogP contribution in [-0.4, -0.2) is 54.4 Å². The van der Waals surface area contributed by atoms with Crippen LogP contribution in [-0.2, 0) is 9.59 Å². The summed E-state index contributed by atoms with van der Waals surface area (Å²) in [5.41, 5.74) is 4.24. The Kier molecular flexibility index (Phi) is 9.01. The second kappa shape index (κ2) is 12.1. The molecule has 4 N–H and O–H groups in total. The summed E-state index contributed by atoms with van der Waals surface area (Å²) >= 11 is 6.26. The maximum absolute atomic E-state index is 13.7. The first-order chi connectivity index (χ1) is 19.5. The summed E-state index contributed by atoms with van der Waals surface area (Å²) in [6.45, 7) is 0. The van der Waals surface area contributed by atoms with Gasteiger partial charge in [-0.2, -0.15) is 31.6 Å². The molecule has 4 aromatic rings. The molecule has 4 heterocycles. The van der Waals surface area contributed by atoms with Gasteiger partial charge >= 0.3 is 24.3 Å². The van der Waals surface area contributed by atoms with E-state index in [0.717, 1.165) is 28.6 Å². The minimum Gasteiger partial charge on any atom is -0.475 e. The molecule has 5 rings (SSSR count). The van der Waals surface area contributed by atoms with E-state index in [-0.39, 0.29) is 10.6 Å². The van der Waals surface area contributed by atoms with Crippen LogP contribution in [0.1, 0.15) is 5.56 Å². The van der Waals surface area contributed by atoms with Crippen molar-refractivity contribution in [3.8, 4) is 40.0 Å². The van der Waals surface area contributed by atoms with E-state index in [2.05, 4.69) is 20.3 Å². The molecule has 1 aliphatic rings. The SMILES string of the molecule is N#Cc1cc(F)cc(Cl)c1-c1nc2c([nH]1)-c1ccncc1Nc1ncccc1-2.O=C(O)C(F)(F)F.O=C(O)C(F)(F)F. The first kappa shape index (κ1) is 31.3. The summed E-state index contributed by atoms with van der Waals surface area (Å²) in [5.74, 6) is -5.07. The number of carboxylic acids is 2. The van der Waals surface area contributed by atoms with E-state index in [0.29, 0.717) is 22.9 Å². The molecule has 18 heteroatoms. The number of imidazole rings is 1. The zero-order valence-corrected chi connectivity index (χ0v) is 20.9. The van der Waals surface area contributed by atoms with Crippen molar-refractivity contribution in [1.82, 2.24) is 19.9 Å². The van der Waals surface area contributed by atoms with Crippen molar-refractivity contribution >= 4 is 35.0 Å². The molecule has 0 bridgehead atoms. The number of hydrogen-bond donors (Lipinski definition) is 4. The minimum absolute atomic E-state index is 0.105. The average molecular weight is 617 g/mol. The van der Waals surface area contributed by atoms with E-state index in [4.69, 9.17) is 36.4 Å². The number of benzene rings is 1. The Balaban J connectivity index is 0.000000289. The first-order valence-electron chi connectivity index (χ1n) is 10.8. The highest BCUT2D eigenvalue weighted by Gasteiger charge is 2.39. The fraction of sp³-hybridized carbons (Fsp3) is 0.0833. The standard InChI is InChI=1S/C20H10ClFN6.2C2HF3O2/c21-14-7-11(22)6-10(8-23)16(14)20-27-17-12-3-5-24-9-15(12)26-19-13(18(17)28-20)2-1-4-25-19;2*3-2(4,5)1(6)7/h1-7,9H,(H,25,26)(H,27,28);2*(H,6,7). The quantitative estimate of drug-likeness (QED) is 0.161. The smallest absolute Gasteiger partial charge is 0.475 e. The molecule has 0 unspecified atom stereocenters. The number of aromatic nitrogens is 4. The van der Waals surface area contributed by atoms with Gasteiger partial charge in [-0.05, 0) is 30.3 Å². The lowest BCUT2D eigenvalue weighted by molar-refractivity contribution is -0.193. The molecule has 0 fully saturated rings. The number of hydrogen-bond acceptors (Lipinski definition) is 7. The molecule has 1 aromatic carbocycles. The summed E-state index contributed by atoms with van der Waals surface area (Å²) in [5, 5.41) is 27.1. The number of carboxylic acid groups (broad SMARTS) is 2. The third-order valence-corrected chi connectivity index (χ3v) is 5.31. The zero-order chi connectivity index (χ0) is 31.4. The molecule has 0 spiro atoms. The van der Waals surface area contributed by atoms with Crippen LogP contribution in [0.2, 0.25) is 5.02 Å². The molecule has 42 heavy (non-hydrogen) atoms. The number of aliphatic carboxylic acids is 2. The maximum atomic E-state index is 13.7. The van der Waals surface area contributed by atoms with Gasteiger partial charge in [-0.15, -0.1) is 0 Å². The van der Waals surface area contributed by atoms with Gasteiger partial charge in [0.25, 0.3) is 0 Å². The number of carbonyl (C=O) groups is 2. The fourth-order valence-electron chi connectivity index (χ4n) is 3.32. The van der Waals surface area contributed by atoms with Gasteiger partial charge in [0, 0.05) is 23.5 Å². The lowest BCUT2D eigenvalue weighted by Crippen LogP contribution is -2.21. The molecule has 3 aromatic heterocycles. The van der Waals surface area contributed by atoms with E-state index < -0.39 is 30.1 Å². The second-order valence-corrected chi connectivity index (χ2v) is 8.19. The summed E-state index contributed by atoms with van der Waals surface area (Å²) in [4.78, 5) is 34.3. The van der Waals surface area contributed by atoms with Crippen LogP contribution in [0.3, 0.4) is 0 Å². The van der Waals surface area contributed by atoms with E-state index in [9.17, 15) is 36.0 Å². The molecule has 1 aliphatic heterocycles. The van der Waals surface area contributed by atoms with Crippen molar-refractivity contribution in [2.45, 2.75) is 12.4 Å². The monoisotopic (exact) mass is 616 g/mol. The van der Waals surface area contributed by atoms with Gasteiger partial charge < -0.3 is 20.5 Å². The van der Waals surface area contributed by atoms with Crippen LogP contribution in [0.4, 0.5) is 42.2 Å². The highest BCUT2D eigenvalue weighted by molar-refractivity contribution is 6.33. The van der Waals surface area contributed by atoms with Gasteiger partial charge in [-0.1, -0.05) is 11.6 Å². The summed E-state index contributed by atoms with van der Waals surface area (Å²) in [6.07, 6.45) is -5.10. The minimum atomic E-state index is -5.08. The predicted molar refractivity (Wildman–Crippen MR) is 131 cm³/mol. The van der Waals surface area contributed by atoms with Gasteiger partial charge in [0.05, 0.1) is 33.7 Å². The third kappa shape index (κ3) is 7.09. The van der Waals surface area contributed by atoms with Crippen LogP contribution in [0.15, 0.2) is 48.9 Å². The van der Waals surface area contributed by atoms with Gasteiger partial charge in [0.2, 0.25) is 0 Å². The largest absolute Gasteiger partial charge is 0.490 e. The first-order valence-corrected chi connectivity index (χ1v) is 11.2. The van der Waals surface area contributed by atoms with Crippen LogP contribution < -0.4 is 5.32 Å². The maximum Gasteiger partial charge on any atom is 0.490 e. The number of rotatable bonds is 1. The number of pyridine rings is 2. The zero-order valence-electron chi connectivity index (χ0n) is 20.1. The Morgan fingerprint density at radius 3 is 2.17 bits per heavy atom. The molecule has 0 atom stereocenters. The summed E-state index contributed by atoms with van der Waals surface area (Å²) in [7, 11) is 0. The number of alkyl halides is 6. The molecular weight excluding hydrogens is 605 g/mol. The Labute approximate surface area is 234 Å². The van der Waals surface area contributed by atoms with E-state index in [1.165, 1.54) is 6.07 Å². The predicted octanol–water partition coefficient (Wildman–Crippen LogP) is 6.19. The highest BCUT2D eigenvalue weighted by atomic mass is 35.5. The number of nitrogens with zero attached hydrogens (tertiary/aromatic N) is 4. The van der Waals surface area contributed by atoms with Crippen molar-refractivity contribution in [3.05, 3.63) is 65.3 Å². The number of aromatic amines is 1. The van der Waals surface area contributed by atoms with Crippen molar-refractivity contribution < 1.29 is 50.5 Å². The number of anilines is 2. The van der Waals surface area contributed by atoms with Crippen molar-refractivity contribution in [1.29, 1.82) is 5.26 Å². The number of halogens is 8. The van der Waals surface area contributed by atoms with Gasteiger partial charge in [-0.25, -0.2) is 23.9 Å². The molecule has 0 amide bonds. The van der Waals surface area contributed by atoms with E-state index in [1.54, 1.807) is 18.6 Å². The Morgan fingerprint density at radius 2 is 1.60 bits per heavy atom. The van der Waals surface area contributed by atoms with Gasteiger partial charge in [0.1, 0.15) is 29.2 Å². The van der Waals surface area contributed by atoms with Crippen molar-refractivity contribution in [2.75, 3.05) is 5.32 Å². The van der Waals surface area contributed by atoms with Crippen molar-refractivity contribution in [3.63, 3.8) is 0 Å². The number of nitriles is 1. The lowest BCUT2D eigenvalue weighted by atomic mass is 10.1. The second-order valence-electron chi connectivity index (χ2n) is 7.78. The third-order valence-electron chi connectivity index (χ3n) is 5.01. The highest BCUT2D eigenvalue weighted by Crippen LogP contribution is 2.43. The average Bonchev–Trinajstić information content (AvgIpc) is 3.27. The van der Waals surface area contributed by atoms with E-state index in [1.807, 2.05) is 24.3 Å². The number of H-pyrrole nitrogens is 1. The van der Waals surface area contributed by atoms with Crippen LogP contribution in [0.5, 0.6) is 0 Å². The molecule has 218 valence electrons. The number of nitrogens with one attached hydrogen (secondary N) is 2. The Bertz CT molecular complexity index is 1610.